The Labute approximate surface area is 107 Å². The second-order valence-corrected chi connectivity index (χ2v) is 6.64. The van der Waals surface area contributed by atoms with Crippen LogP contribution >= 0.6 is 11.3 Å². The topological polar surface area (TPSA) is 45.2 Å². The number of nitrogens with zero attached hydrogens (tertiary/aromatic N) is 1. The Morgan fingerprint density at radius 2 is 2.29 bits per heavy atom. The maximum absolute atomic E-state index is 10.5. The van der Waals surface area contributed by atoms with Crippen LogP contribution in [-0.4, -0.2) is 22.2 Å². The van der Waals surface area contributed by atoms with Gasteiger partial charge in [0.1, 0.15) is 0 Å². The van der Waals surface area contributed by atoms with E-state index in [0.29, 0.717) is 12.5 Å². The van der Waals surface area contributed by atoms with Crippen molar-refractivity contribution < 1.29 is 5.11 Å². The fraction of sp³-hybridized carbons (Fsp3) is 0.769. The molecule has 96 valence electrons. The summed E-state index contributed by atoms with van der Waals surface area (Å²) >= 11 is 1.67. The van der Waals surface area contributed by atoms with Crippen molar-refractivity contribution in [3.8, 4) is 0 Å². The third-order valence-electron chi connectivity index (χ3n) is 3.66. The summed E-state index contributed by atoms with van der Waals surface area (Å²) in [6.45, 7) is 6.95. The second kappa shape index (κ2) is 4.94. The minimum atomic E-state index is -0.537. The fourth-order valence-corrected chi connectivity index (χ4v) is 3.39. The van der Waals surface area contributed by atoms with Crippen LogP contribution in [0, 0.1) is 19.8 Å². The molecule has 1 aliphatic carbocycles. The Kier molecular flexibility index (Phi) is 3.73. The van der Waals surface area contributed by atoms with Gasteiger partial charge in [-0.15, -0.1) is 11.3 Å². The molecule has 1 fully saturated rings. The molecule has 0 spiro atoms. The SMILES string of the molecule is Cc1nc(NCC2(O)CCCC(C)C2)sc1C. The smallest absolute Gasteiger partial charge is 0.183 e. The van der Waals surface area contributed by atoms with E-state index >= 15 is 0 Å². The Balaban J connectivity index is 1.92. The Morgan fingerprint density at radius 1 is 1.53 bits per heavy atom. The first-order valence-corrected chi connectivity index (χ1v) is 7.20. The fourth-order valence-electron chi connectivity index (χ4n) is 2.58. The lowest BCUT2D eigenvalue weighted by molar-refractivity contribution is -0.000766. The molecule has 0 saturated heterocycles. The number of aryl methyl sites for hydroxylation is 2. The zero-order valence-corrected chi connectivity index (χ0v) is 11.7. The van der Waals surface area contributed by atoms with E-state index < -0.39 is 5.60 Å². The largest absolute Gasteiger partial charge is 0.388 e. The van der Waals surface area contributed by atoms with E-state index in [1.54, 1.807) is 11.3 Å². The van der Waals surface area contributed by atoms with Gasteiger partial charge >= 0.3 is 0 Å². The zero-order chi connectivity index (χ0) is 12.5. The zero-order valence-electron chi connectivity index (χ0n) is 10.9. The first kappa shape index (κ1) is 12.8. The molecule has 0 bridgehead atoms. The third-order valence-corrected chi connectivity index (χ3v) is 4.70. The van der Waals surface area contributed by atoms with Crippen LogP contribution in [0.2, 0.25) is 0 Å². The van der Waals surface area contributed by atoms with Gasteiger partial charge in [0.25, 0.3) is 0 Å². The molecule has 2 rings (SSSR count). The summed E-state index contributed by atoms with van der Waals surface area (Å²) in [4.78, 5) is 5.69. The summed E-state index contributed by atoms with van der Waals surface area (Å²) in [7, 11) is 0. The van der Waals surface area contributed by atoms with Gasteiger partial charge in [0.15, 0.2) is 5.13 Å². The average molecular weight is 254 g/mol. The molecule has 0 radical (unpaired) electrons. The lowest BCUT2D eigenvalue weighted by Crippen LogP contribution is -2.41. The summed E-state index contributed by atoms with van der Waals surface area (Å²) in [5.41, 5.74) is 0.548. The quantitative estimate of drug-likeness (QED) is 0.871. The number of hydrogen-bond acceptors (Lipinski definition) is 4. The number of thiazole rings is 1. The van der Waals surface area contributed by atoms with Gasteiger partial charge in [0.05, 0.1) is 11.3 Å². The minimum Gasteiger partial charge on any atom is -0.388 e. The Bertz CT molecular complexity index is 371. The van der Waals surface area contributed by atoms with Crippen molar-refractivity contribution in [2.24, 2.45) is 5.92 Å². The molecule has 2 N–H and O–H groups in total. The van der Waals surface area contributed by atoms with Crippen LogP contribution < -0.4 is 5.32 Å². The van der Waals surface area contributed by atoms with Crippen LogP contribution in [-0.2, 0) is 0 Å². The van der Waals surface area contributed by atoms with Gasteiger partial charge in [-0.1, -0.05) is 19.8 Å². The maximum Gasteiger partial charge on any atom is 0.183 e. The van der Waals surface area contributed by atoms with Crippen molar-refractivity contribution in [2.75, 3.05) is 11.9 Å². The highest BCUT2D eigenvalue weighted by Gasteiger charge is 2.32. The predicted octanol–water partition coefficient (Wildman–Crippen LogP) is 3.11. The molecule has 2 atom stereocenters. The first-order chi connectivity index (χ1) is 7.98. The normalized spacial score (nSPS) is 29.3. The lowest BCUT2D eigenvalue weighted by Gasteiger charge is -2.35. The van der Waals surface area contributed by atoms with Crippen molar-refractivity contribution in [1.29, 1.82) is 0 Å². The molecular formula is C13H22N2OS. The number of hydrogen-bond donors (Lipinski definition) is 2. The van der Waals surface area contributed by atoms with E-state index in [2.05, 4.69) is 24.1 Å². The summed E-state index contributed by atoms with van der Waals surface area (Å²) in [6, 6.07) is 0. The van der Waals surface area contributed by atoms with Crippen LogP contribution in [0.4, 0.5) is 5.13 Å². The highest BCUT2D eigenvalue weighted by Crippen LogP contribution is 2.32. The van der Waals surface area contributed by atoms with E-state index in [-0.39, 0.29) is 0 Å². The highest BCUT2D eigenvalue weighted by atomic mass is 32.1. The summed E-state index contributed by atoms with van der Waals surface area (Å²) in [5.74, 6) is 0.635. The van der Waals surface area contributed by atoms with Crippen LogP contribution in [0.3, 0.4) is 0 Å². The van der Waals surface area contributed by atoms with Gasteiger partial charge in [-0.2, -0.15) is 0 Å². The molecule has 17 heavy (non-hydrogen) atoms. The highest BCUT2D eigenvalue weighted by molar-refractivity contribution is 7.15. The van der Waals surface area contributed by atoms with E-state index in [4.69, 9.17) is 0 Å². The molecule has 4 heteroatoms. The summed E-state index contributed by atoms with van der Waals surface area (Å²) in [6.07, 6.45) is 4.20. The lowest BCUT2D eigenvalue weighted by atomic mass is 9.79. The van der Waals surface area contributed by atoms with E-state index in [1.165, 1.54) is 11.3 Å². The molecule has 0 aromatic carbocycles. The van der Waals surface area contributed by atoms with Crippen molar-refractivity contribution in [3.63, 3.8) is 0 Å². The maximum atomic E-state index is 10.5. The molecule has 1 aromatic heterocycles. The molecule has 0 amide bonds. The molecule has 1 heterocycles. The molecule has 3 nitrogen and oxygen atoms in total. The molecule has 1 aromatic rings. The monoisotopic (exact) mass is 254 g/mol. The third kappa shape index (κ3) is 3.19. The summed E-state index contributed by atoms with van der Waals surface area (Å²) in [5, 5.41) is 14.7. The number of aromatic nitrogens is 1. The van der Waals surface area contributed by atoms with Gasteiger partial charge in [-0.25, -0.2) is 4.98 Å². The van der Waals surface area contributed by atoms with Crippen molar-refractivity contribution in [3.05, 3.63) is 10.6 Å². The number of aliphatic hydroxyl groups is 1. The molecule has 1 aliphatic rings. The Hall–Kier alpha value is -0.610. The Morgan fingerprint density at radius 3 is 2.88 bits per heavy atom. The molecular weight excluding hydrogens is 232 g/mol. The van der Waals surface area contributed by atoms with Crippen LogP contribution in [0.25, 0.3) is 0 Å². The number of rotatable bonds is 3. The first-order valence-electron chi connectivity index (χ1n) is 6.39. The molecule has 0 aliphatic heterocycles. The van der Waals surface area contributed by atoms with Crippen molar-refractivity contribution in [1.82, 2.24) is 4.98 Å². The number of anilines is 1. The van der Waals surface area contributed by atoms with Crippen LogP contribution in [0.1, 0.15) is 43.2 Å². The summed E-state index contributed by atoms with van der Waals surface area (Å²) < 4.78 is 0. The number of nitrogens with one attached hydrogen (secondary N) is 1. The van der Waals surface area contributed by atoms with Crippen LogP contribution in [0.5, 0.6) is 0 Å². The second-order valence-electron chi connectivity index (χ2n) is 5.44. The minimum absolute atomic E-state index is 0.537. The molecule has 2 unspecified atom stereocenters. The molecule has 1 saturated carbocycles. The van der Waals surface area contributed by atoms with E-state index in [0.717, 1.165) is 30.1 Å². The van der Waals surface area contributed by atoms with Gasteiger partial charge in [-0.3, -0.25) is 0 Å². The van der Waals surface area contributed by atoms with Crippen molar-refractivity contribution in [2.45, 2.75) is 52.1 Å². The standard InChI is InChI=1S/C13H22N2OS/c1-9-5-4-6-13(16,7-9)8-14-12-15-10(2)11(3)17-12/h9,16H,4-8H2,1-3H3,(H,14,15). The van der Waals surface area contributed by atoms with Crippen molar-refractivity contribution >= 4 is 16.5 Å². The van der Waals surface area contributed by atoms with Gasteiger partial charge < -0.3 is 10.4 Å². The predicted molar refractivity (Wildman–Crippen MR) is 72.7 cm³/mol. The van der Waals surface area contributed by atoms with Gasteiger partial charge in [0.2, 0.25) is 0 Å². The average Bonchev–Trinajstić information content (AvgIpc) is 2.56. The van der Waals surface area contributed by atoms with Gasteiger partial charge in [-0.05, 0) is 32.6 Å². The van der Waals surface area contributed by atoms with E-state index in [9.17, 15) is 5.11 Å². The van der Waals surface area contributed by atoms with E-state index in [1.807, 2.05) is 6.92 Å². The van der Waals surface area contributed by atoms with Crippen LogP contribution in [0.15, 0.2) is 0 Å². The van der Waals surface area contributed by atoms with Gasteiger partial charge in [0, 0.05) is 11.4 Å².